The van der Waals surface area contributed by atoms with E-state index in [0.29, 0.717) is 55.3 Å². The molecule has 3 aromatic rings. The second-order valence-corrected chi connectivity index (χ2v) is 8.32. The quantitative estimate of drug-likeness (QED) is 0.486. The maximum absolute atomic E-state index is 13.0. The monoisotopic (exact) mass is 474 g/mol. The summed E-state index contributed by atoms with van der Waals surface area (Å²) in [6.07, 6.45) is 1.34. The van der Waals surface area contributed by atoms with E-state index in [4.69, 9.17) is 14.2 Å². The predicted molar refractivity (Wildman–Crippen MR) is 133 cm³/mol. The van der Waals surface area contributed by atoms with Gasteiger partial charge in [0.25, 0.3) is 11.8 Å². The van der Waals surface area contributed by atoms with Gasteiger partial charge in [-0.25, -0.2) is 0 Å². The van der Waals surface area contributed by atoms with Gasteiger partial charge in [0.2, 0.25) is 0 Å². The molecule has 4 rings (SSSR count). The molecular weight excluding hydrogens is 444 g/mol. The molecule has 0 saturated heterocycles. The molecule has 0 unspecified atom stereocenters. The highest BCUT2D eigenvalue weighted by molar-refractivity contribution is 5.97. The highest BCUT2D eigenvalue weighted by atomic mass is 16.5. The Balaban J connectivity index is 1.30. The van der Waals surface area contributed by atoms with Crippen molar-refractivity contribution in [2.24, 2.45) is 0 Å². The minimum absolute atomic E-state index is 0.0140. The SMILES string of the molecule is COc1ccc(CCNC(=O)COc2cccc3c2CCN(Cc2ccccc2)C3=O)cc1OC. The van der Waals surface area contributed by atoms with Crippen LogP contribution < -0.4 is 19.5 Å². The smallest absolute Gasteiger partial charge is 0.257 e. The summed E-state index contributed by atoms with van der Waals surface area (Å²) < 4.78 is 16.4. The fourth-order valence-electron chi connectivity index (χ4n) is 4.21. The zero-order valence-corrected chi connectivity index (χ0v) is 20.1. The molecule has 1 N–H and O–H groups in total. The second-order valence-electron chi connectivity index (χ2n) is 8.32. The van der Waals surface area contributed by atoms with Crippen molar-refractivity contribution in [3.8, 4) is 17.2 Å². The Labute approximate surface area is 205 Å². The summed E-state index contributed by atoms with van der Waals surface area (Å²) in [6, 6.07) is 21.1. The number of rotatable bonds is 10. The van der Waals surface area contributed by atoms with E-state index in [0.717, 1.165) is 16.7 Å². The number of fused-ring (bicyclic) bond motifs is 1. The Bertz CT molecular complexity index is 1180. The minimum atomic E-state index is -0.212. The van der Waals surface area contributed by atoms with Crippen LogP contribution in [0.4, 0.5) is 0 Å². The molecular formula is C28H30N2O5. The molecule has 0 radical (unpaired) electrons. The van der Waals surface area contributed by atoms with Crippen LogP contribution in [0.1, 0.15) is 27.0 Å². The number of carbonyl (C=O) groups excluding carboxylic acids is 2. The number of amides is 2. The Morgan fingerprint density at radius 2 is 1.71 bits per heavy atom. The Morgan fingerprint density at radius 3 is 2.49 bits per heavy atom. The van der Waals surface area contributed by atoms with Crippen molar-refractivity contribution in [3.05, 3.63) is 89.0 Å². The van der Waals surface area contributed by atoms with Crippen LogP contribution in [0.25, 0.3) is 0 Å². The third-order valence-electron chi connectivity index (χ3n) is 6.04. The molecule has 7 nitrogen and oxygen atoms in total. The number of methoxy groups -OCH3 is 2. The van der Waals surface area contributed by atoms with Crippen LogP contribution in [0.15, 0.2) is 66.7 Å². The lowest BCUT2D eigenvalue weighted by Crippen LogP contribution is -2.37. The molecule has 0 aromatic heterocycles. The molecule has 35 heavy (non-hydrogen) atoms. The third kappa shape index (κ3) is 5.93. The summed E-state index contributed by atoms with van der Waals surface area (Å²) >= 11 is 0. The molecule has 7 heteroatoms. The summed E-state index contributed by atoms with van der Waals surface area (Å²) in [7, 11) is 3.19. The predicted octanol–water partition coefficient (Wildman–Crippen LogP) is 3.64. The van der Waals surface area contributed by atoms with Crippen molar-refractivity contribution in [1.82, 2.24) is 10.2 Å². The lowest BCUT2D eigenvalue weighted by molar-refractivity contribution is -0.123. The number of hydrogen-bond acceptors (Lipinski definition) is 5. The van der Waals surface area contributed by atoms with E-state index in [9.17, 15) is 9.59 Å². The summed E-state index contributed by atoms with van der Waals surface area (Å²) in [6.45, 7) is 1.55. The van der Waals surface area contributed by atoms with Crippen molar-refractivity contribution < 1.29 is 23.8 Å². The fourth-order valence-corrected chi connectivity index (χ4v) is 4.21. The Kier molecular flexibility index (Phi) is 7.88. The van der Waals surface area contributed by atoms with Gasteiger partial charge in [0.15, 0.2) is 18.1 Å². The van der Waals surface area contributed by atoms with Gasteiger partial charge in [0, 0.05) is 30.8 Å². The first-order chi connectivity index (χ1) is 17.1. The number of nitrogens with one attached hydrogen (secondary N) is 1. The molecule has 0 fully saturated rings. The molecule has 0 aliphatic carbocycles. The first-order valence-corrected chi connectivity index (χ1v) is 11.6. The van der Waals surface area contributed by atoms with Gasteiger partial charge in [-0.2, -0.15) is 0 Å². The van der Waals surface area contributed by atoms with Gasteiger partial charge in [-0.3, -0.25) is 9.59 Å². The minimum Gasteiger partial charge on any atom is -0.493 e. The first-order valence-electron chi connectivity index (χ1n) is 11.6. The van der Waals surface area contributed by atoms with Gasteiger partial charge in [-0.1, -0.05) is 42.5 Å². The van der Waals surface area contributed by atoms with Gasteiger partial charge in [0.1, 0.15) is 5.75 Å². The maximum atomic E-state index is 13.0. The third-order valence-corrected chi connectivity index (χ3v) is 6.04. The van der Waals surface area contributed by atoms with Gasteiger partial charge in [-0.05, 0) is 48.2 Å². The van der Waals surface area contributed by atoms with E-state index in [1.807, 2.05) is 65.6 Å². The van der Waals surface area contributed by atoms with Gasteiger partial charge in [-0.15, -0.1) is 0 Å². The lowest BCUT2D eigenvalue weighted by Gasteiger charge is -2.29. The average molecular weight is 475 g/mol. The van der Waals surface area contributed by atoms with Crippen molar-refractivity contribution >= 4 is 11.8 Å². The number of hydrogen-bond donors (Lipinski definition) is 1. The highest BCUT2D eigenvalue weighted by Gasteiger charge is 2.26. The van der Waals surface area contributed by atoms with E-state index in [1.54, 1.807) is 20.3 Å². The molecule has 0 spiro atoms. The number of carbonyl (C=O) groups is 2. The number of benzene rings is 3. The van der Waals surface area contributed by atoms with Crippen molar-refractivity contribution in [3.63, 3.8) is 0 Å². The molecule has 1 heterocycles. The van der Waals surface area contributed by atoms with E-state index in [1.165, 1.54) is 0 Å². The maximum Gasteiger partial charge on any atom is 0.257 e. The van der Waals surface area contributed by atoms with Crippen LogP contribution in [-0.4, -0.2) is 50.6 Å². The molecule has 3 aromatic carbocycles. The normalized spacial score (nSPS) is 12.6. The van der Waals surface area contributed by atoms with Gasteiger partial charge in [0.05, 0.1) is 14.2 Å². The molecule has 182 valence electrons. The largest absolute Gasteiger partial charge is 0.493 e. The van der Waals surface area contributed by atoms with E-state index >= 15 is 0 Å². The molecule has 0 bridgehead atoms. The van der Waals surface area contributed by atoms with Crippen LogP contribution >= 0.6 is 0 Å². The van der Waals surface area contributed by atoms with Crippen LogP contribution in [0.2, 0.25) is 0 Å². The van der Waals surface area contributed by atoms with Crippen LogP contribution in [-0.2, 0) is 24.2 Å². The van der Waals surface area contributed by atoms with Crippen molar-refractivity contribution in [1.29, 1.82) is 0 Å². The number of ether oxygens (including phenoxy) is 3. The van der Waals surface area contributed by atoms with Gasteiger partial charge >= 0.3 is 0 Å². The van der Waals surface area contributed by atoms with Crippen LogP contribution in [0.5, 0.6) is 17.2 Å². The summed E-state index contributed by atoms with van der Waals surface area (Å²) in [5.74, 6) is 1.69. The zero-order chi connectivity index (χ0) is 24.6. The highest BCUT2D eigenvalue weighted by Crippen LogP contribution is 2.29. The van der Waals surface area contributed by atoms with E-state index in [2.05, 4.69) is 5.32 Å². The molecule has 0 atom stereocenters. The van der Waals surface area contributed by atoms with Crippen molar-refractivity contribution in [2.75, 3.05) is 33.9 Å². The molecule has 2 amide bonds. The average Bonchev–Trinajstić information content (AvgIpc) is 2.89. The second kappa shape index (κ2) is 11.4. The molecule has 1 aliphatic heterocycles. The first kappa shape index (κ1) is 24.1. The van der Waals surface area contributed by atoms with Gasteiger partial charge < -0.3 is 24.4 Å². The lowest BCUT2D eigenvalue weighted by atomic mass is 9.97. The zero-order valence-electron chi connectivity index (χ0n) is 20.1. The van der Waals surface area contributed by atoms with Crippen molar-refractivity contribution in [2.45, 2.75) is 19.4 Å². The standard InChI is InChI=1S/C28H30N2O5/c1-33-25-12-11-20(17-26(25)34-2)13-15-29-27(31)19-35-24-10-6-9-23-22(24)14-16-30(28(23)32)18-21-7-4-3-5-8-21/h3-12,17H,13-16,18-19H2,1-2H3,(H,29,31). The van der Waals surface area contributed by atoms with E-state index in [-0.39, 0.29) is 18.4 Å². The Hall–Kier alpha value is -4.00. The summed E-state index contributed by atoms with van der Waals surface area (Å²) in [4.78, 5) is 27.3. The summed E-state index contributed by atoms with van der Waals surface area (Å²) in [5, 5.41) is 2.88. The van der Waals surface area contributed by atoms with Crippen LogP contribution in [0.3, 0.4) is 0 Å². The number of nitrogens with zero attached hydrogens (tertiary/aromatic N) is 1. The molecule has 1 aliphatic rings. The fraction of sp³-hybridized carbons (Fsp3) is 0.286. The topological polar surface area (TPSA) is 77.1 Å². The van der Waals surface area contributed by atoms with Crippen LogP contribution in [0, 0.1) is 0 Å². The molecule has 0 saturated carbocycles. The van der Waals surface area contributed by atoms with E-state index < -0.39 is 0 Å². The summed E-state index contributed by atoms with van der Waals surface area (Å²) in [5.41, 5.74) is 3.62. The Morgan fingerprint density at radius 1 is 0.914 bits per heavy atom.